The maximum Gasteiger partial charge on any atom is 0.341 e. The smallest absolute Gasteiger partial charge is 0.341 e. The number of hydrogen-bond acceptors (Lipinski definition) is 5. The Balaban J connectivity index is 2.00. The number of pyridine rings is 1. The lowest BCUT2D eigenvalue weighted by atomic mass is 10.0. The highest BCUT2D eigenvalue weighted by Gasteiger charge is 2.33. The van der Waals surface area contributed by atoms with Crippen molar-refractivity contribution in [1.82, 2.24) is 4.57 Å². The number of nitrogens with two attached hydrogens (primary N) is 2. The lowest BCUT2D eigenvalue weighted by Crippen LogP contribution is -2.34. The summed E-state index contributed by atoms with van der Waals surface area (Å²) >= 11 is 0. The van der Waals surface area contributed by atoms with Crippen LogP contribution in [0, 0.1) is 11.6 Å². The van der Waals surface area contributed by atoms with Gasteiger partial charge in [0.15, 0.2) is 11.6 Å². The number of carbonyl (C=O) groups is 1. The van der Waals surface area contributed by atoms with E-state index in [9.17, 15) is 19.1 Å². The molecular formula is C20H21F3N4O3. The van der Waals surface area contributed by atoms with Crippen LogP contribution in [0.1, 0.15) is 42.1 Å². The van der Waals surface area contributed by atoms with Gasteiger partial charge < -0.3 is 26.0 Å². The second kappa shape index (κ2) is 7.35. The molecule has 2 fully saturated rings. The fraction of sp³-hybridized carbons (Fsp3) is 0.400. The van der Waals surface area contributed by atoms with E-state index in [1.165, 1.54) is 9.47 Å². The lowest BCUT2D eigenvalue weighted by molar-refractivity contribution is 0.0695. The zero-order chi connectivity index (χ0) is 21.7. The second-order valence-corrected chi connectivity index (χ2v) is 7.67. The number of rotatable bonds is 4. The molecule has 1 saturated heterocycles. The van der Waals surface area contributed by atoms with Crippen LogP contribution in [0.2, 0.25) is 0 Å². The van der Waals surface area contributed by atoms with Crippen molar-refractivity contribution in [3.63, 3.8) is 0 Å². The average Bonchev–Trinajstić information content (AvgIpc) is 3.56. The summed E-state index contributed by atoms with van der Waals surface area (Å²) in [5.74, 6) is -4.18. The SMILES string of the molecule is NCC(F)=C1CCCN(c2c(F)c(N)c3c(=O)c(C(=O)O)cn(C4CC4)c3c2F)C1. The summed E-state index contributed by atoms with van der Waals surface area (Å²) in [7, 11) is 0. The third-order valence-electron chi connectivity index (χ3n) is 5.70. The van der Waals surface area contributed by atoms with Gasteiger partial charge in [0.2, 0.25) is 5.43 Å². The molecule has 7 nitrogen and oxygen atoms in total. The zero-order valence-electron chi connectivity index (χ0n) is 16.1. The quantitative estimate of drug-likeness (QED) is 0.653. The van der Waals surface area contributed by atoms with Crippen molar-refractivity contribution in [2.45, 2.75) is 31.7 Å². The van der Waals surface area contributed by atoms with Crippen molar-refractivity contribution in [3.8, 4) is 0 Å². The first-order valence-corrected chi connectivity index (χ1v) is 9.66. The van der Waals surface area contributed by atoms with Crippen LogP contribution in [-0.4, -0.2) is 35.3 Å². The predicted octanol–water partition coefficient (Wildman–Crippen LogP) is 2.68. The molecule has 30 heavy (non-hydrogen) atoms. The van der Waals surface area contributed by atoms with Crippen LogP contribution in [0.3, 0.4) is 0 Å². The first kappa shape index (κ1) is 20.3. The summed E-state index contributed by atoms with van der Waals surface area (Å²) in [6.45, 7) is -0.0864. The number of anilines is 2. The van der Waals surface area contributed by atoms with E-state index in [0.29, 0.717) is 31.3 Å². The Morgan fingerprint density at radius 2 is 1.97 bits per heavy atom. The van der Waals surface area contributed by atoms with Crippen LogP contribution in [0.25, 0.3) is 10.9 Å². The van der Waals surface area contributed by atoms with E-state index in [1.54, 1.807) is 0 Å². The molecule has 1 aromatic carbocycles. The van der Waals surface area contributed by atoms with Crippen LogP contribution in [0.5, 0.6) is 0 Å². The molecule has 0 spiro atoms. The van der Waals surface area contributed by atoms with E-state index in [-0.39, 0.29) is 31.2 Å². The zero-order valence-corrected chi connectivity index (χ0v) is 16.1. The third-order valence-corrected chi connectivity index (χ3v) is 5.70. The highest BCUT2D eigenvalue weighted by atomic mass is 19.1. The molecule has 1 aliphatic carbocycles. The van der Waals surface area contributed by atoms with Gasteiger partial charge in [0, 0.05) is 31.9 Å². The summed E-state index contributed by atoms with van der Waals surface area (Å²) in [6, 6.07) is -0.204. The minimum absolute atomic E-state index is 0.0529. The lowest BCUT2D eigenvalue weighted by Gasteiger charge is -2.32. The number of hydrogen-bond donors (Lipinski definition) is 3. The van der Waals surface area contributed by atoms with Crippen molar-refractivity contribution in [2.24, 2.45) is 5.73 Å². The van der Waals surface area contributed by atoms with Crippen LogP contribution in [0.15, 0.2) is 22.4 Å². The van der Waals surface area contributed by atoms with Gasteiger partial charge >= 0.3 is 5.97 Å². The molecule has 5 N–H and O–H groups in total. The molecule has 4 rings (SSSR count). The Morgan fingerprint density at radius 1 is 1.27 bits per heavy atom. The van der Waals surface area contributed by atoms with Gasteiger partial charge in [0.1, 0.15) is 17.1 Å². The van der Waals surface area contributed by atoms with Gasteiger partial charge in [-0.3, -0.25) is 4.79 Å². The maximum atomic E-state index is 15.7. The van der Waals surface area contributed by atoms with Crippen molar-refractivity contribution < 1.29 is 23.1 Å². The van der Waals surface area contributed by atoms with E-state index in [1.807, 2.05) is 0 Å². The molecule has 160 valence electrons. The number of nitrogen functional groups attached to an aromatic ring is 1. The number of halogens is 3. The summed E-state index contributed by atoms with van der Waals surface area (Å²) < 4.78 is 46.3. The van der Waals surface area contributed by atoms with Crippen molar-refractivity contribution in [3.05, 3.63) is 45.0 Å². The van der Waals surface area contributed by atoms with E-state index >= 15 is 8.78 Å². The normalized spacial score (nSPS) is 18.7. The fourth-order valence-electron chi connectivity index (χ4n) is 4.05. The molecule has 0 atom stereocenters. The number of fused-ring (bicyclic) bond motifs is 1. The Labute approximate surface area is 169 Å². The first-order valence-electron chi connectivity index (χ1n) is 9.66. The van der Waals surface area contributed by atoms with Crippen LogP contribution in [-0.2, 0) is 0 Å². The summed E-state index contributed by atoms with van der Waals surface area (Å²) in [4.78, 5) is 25.5. The summed E-state index contributed by atoms with van der Waals surface area (Å²) in [5, 5.41) is 8.86. The topological polar surface area (TPSA) is 115 Å². The van der Waals surface area contributed by atoms with Gasteiger partial charge in [-0.1, -0.05) is 0 Å². The van der Waals surface area contributed by atoms with Gasteiger partial charge in [0.05, 0.1) is 16.6 Å². The molecule has 1 saturated carbocycles. The van der Waals surface area contributed by atoms with Crippen molar-refractivity contribution in [2.75, 3.05) is 30.3 Å². The molecule has 10 heteroatoms. The molecule has 2 aromatic rings. The Bertz CT molecular complexity index is 1150. The number of carboxylic acids is 1. The molecule has 2 heterocycles. The van der Waals surface area contributed by atoms with Gasteiger partial charge in [-0.15, -0.1) is 0 Å². The van der Waals surface area contributed by atoms with Crippen LogP contribution in [0.4, 0.5) is 24.5 Å². The van der Waals surface area contributed by atoms with Gasteiger partial charge in [0.25, 0.3) is 0 Å². The van der Waals surface area contributed by atoms with Gasteiger partial charge in [-0.25, -0.2) is 18.0 Å². The number of aromatic carboxylic acids is 1. The van der Waals surface area contributed by atoms with E-state index in [0.717, 1.165) is 6.20 Å². The second-order valence-electron chi connectivity index (χ2n) is 7.67. The number of aromatic nitrogens is 1. The molecule has 2 aliphatic rings. The van der Waals surface area contributed by atoms with E-state index in [2.05, 4.69) is 0 Å². The summed E-state index contributed by atoms with van der Waals surface area (Å²) in [5.41, 5.74) is 8.70. The van der Waals surface area contributed by atoms with E-state index in [4.69, 9.17) is 11.5 Å². The van der Waals surface area contributed by atoms with Crippen molar-refractivity contribution >= 4 is 28.2 Å². The first-order chi connectivity index (χ1) is 14.3. The molecular weight excluding hydrogens is 401 g/mol. The molecule has 0 unspecified atom stereocenters. The van der Waals surface area contributed by atoms with Gasteiger partial charge in [-0.05, 0) is 31.3 Å². The van der Waals surface area contributed by atoms with Crippen LogP contribution >= 0.6 is 0 Å². The van der Waals surface area contributed by atoms with Crippen LogP contribution < -0.4 is 21.8 Å². The highest BCUT2D eigenvalue weighted by Crippen LogP contribution is 2.42. The number of carboxylic acid groups (broad SMARTS) is 1. The van der Waals surface area contributed by atoms with E-state index < -0.39 is 51.2 Å². The maximum absolute atomic E-state index is 15.7. The minimum Gasteiger partial charge on any atom is -0.477 e. The standard InChI is InChI=1S/C20H21F3N4O3/c21-12(6-24)9-2-1-5-26(7-9)18-14(22)16(25)13-17(15(18)23)27(10-3-4-10)8-11(19(13)28)20(29)30/h8,10H,1-7,24-25H2,(H,29,30). The number of nitrogens with zero attached hydrogens (tertiary/aromatic N) is 2. The summed E-state index contributed by atoms with van der Waals surface area (Å²) in [6.07, 6.45) is 3.32. The number of benzene rings is 1. The fourth-order valence-corrected chi connectivity index (χ4v) is 4.05. The Kier molecular flexibility index (Phi) is 4.97. The minimum atomic E-state index is -1.50. The molecule has 1 aliphatic heterocycles. The predicted molar refractivity (Wildman–Crippen MR) is 106 cm³/mol. The third kappa shape index (κ3) is 3.11. The van der Waals surface area contributed by atoms with Crippen molar-refractivity contribution in [1.29, 1.82) is 0 Å². The molecule has 0 amide bonds. The highest BCUT2D eigenvalue weighted by molar-refractivity contribution is 5.99. The average molecular weight is 422 g/mol. The Morgan fingerprint density at radius 3 is 2.57 bits per heavy atom. The monoisotopic (exact) mass is 422 g/mol. The Hall–Kier alpha value is -3.01. The molecule has 0 radical (unpaired) electrons. The largest absolute Gasteiger partial charge is 0.477 e. The number of piperidine rings is 1. The molecule has 1 aromatic heterocycles. The molecule has 0 bridgehead atoms. The van der Waals surface area contributed by atoms with Gasteiger partial charge in [-0.2, -0.15) is 0 Å².